The van der Waals surface area contributed by atoms with Crippen LogP contribution in [0.3, 0.4) is 0 Å². The number of likely N-dealkylation sites (tertiary alicyclic amines) is 1. The molecule has 2 heterocycles. The highest BCUT2D eigenvalue weighted by molar-refractivity contribution is 7.92. The molecule has 6 rings (SSSR count). The van der Waals surface area contributed by atoms with Crippen LogP contribution in [0.25, 0.3) is 0 Å². The van der Waals surface area contributed by atoms with Gasteiger partial charge >= 0.3 is 12.1 Å². The highest BCUT2D eigenvalue weighted by Gasteiger charge is 2.50. The number of rotatable bonds is 14. The van der Waals surface area contributed by atoms with E-state index in [4.69, 9.17) is 10.5 Å². The molecule has 0 aromatic heterocycles. The summed E-state index contributed by atoms with van der Waals surface area (Å²) < 4.78 is 32.1. The van der Waals surface area contributed by atoms with Gasteiger partial charge in [0.2, 0.25) is 11.7 Å². The highest BCUT2D eigenvalue weighted by atomic mass is 32.2. The SMILES string of the molecule is CC1([C@H](NC(=O)NC2(CS(=O)(=O)C(C)(C)C)CCCCC2)C(=O)N2C[C@H](OC(=O)N3CCc4ccccc4C3)C[C@H]2C(=O)CC(CC2CC2)C(=O)C(N)=O)CCCCC1. The minimum absolute atomic E-state index is 0.00887. The molecular weight excluding hydrogens is 775 g/mol. The number of ether oxygens (including phenoxy) is 1. The van der Waals surface area contributed by atoms with Crippen LogP contribution in [0.5, 0.6) is 0 Å². The van der Waals surface area contributed by atoms with Crippen LogP contribution < -0.4 is 16.4 Å². The summed E-state index contributed by atoms with van der Waals surface area (Å²) >= 11 is 0. The highest BCUT2D eigenvalue weighted by Crippen LogP contribution is 2.42. The predicted molar refractivity (Wildman–Crippen MR) is 222 cm³/mol. The van der Waals surface area contributed by atoms with Crippen LogP contribution in [0.15, 0.2) is 24.3 Å². The minimum Gasteiger partial charge on any atom is -0.444 e. The summed E-state index contributed by atoms with van der Waals surface area (Å²) in [7, 11) is -3.63. The summed E-state index contributed by atoms with van der Waals surface area (Å²) in [5.41, 5.74) is 5.89. The van der Waals surface area contributed by atoms with Crippen LogP contribution in [0, 0.1) is 17.3 Å². The molecule has 1 aromatic rings. The van der Waals surface area contributed by atoms with Crippen LogP contribution in [-0.4, -0.2) is 101 Å². The van der Waals surface area contributed by atoms with E-state index in [2.05, 4.69) is 10.6 Å². The monoisotopic (exact) mass is 839 g/mol. The molecule has 3 saturated carbocycles. The van der Waals surface area contributed by atoms with Gasteiger partial charge < -0.3 is 30.9 Å². The number of amides is 5. The van der Waals surface area contributed by atoms with Crippen molar-refractivity contribution in [2.24, 2.45) is 23.0 Å². The number of fused-ring (bicyclic) bond motifs is 1. The fraction of sp³-hybridized carbons (Fsp3) is 0.727. The first-order valence-electron chi connectivity index (χ1n) is 21.8. The predicted octanol–water partition coefficient (Wildman–Crippen LogP) is 5.14. The molecule has 1 aromatic carbocycles. The topological polar surface area (TPSA) is 202 Å². The number of benzene rings is 1. The number of hydrogen-bond acceptors (Lipinski definition) is 9. The summed E-state index contributed by atoms with van der Waals surface area (Å²) in [5.74, 6) is -3.80. The average molecular weight is 840 g/mol. The molecule has 2 aliphatic heterocycles. The lowest BCUT2D eigenvalue weighted by atomic mass is 9.70. The van der Waals surface area contributed by atoms with E-state index in [1.165, 1.54) is 4.90 Å². The van der Waals surface area contributed by atoms with Crippen LogP contribution in [0.2, 0.25) is 0 Å². The summed E-state index contributed by atoms with van der Waals surface area (Å²) in [6, 6.07) is 5.06. The number of hydrogen-bond donors (Lipinski definition) is 3. The molecule has 14 nitrogen and oxygen atoms in total. The van der Waals surface area contributed by atoms with Crippen molar-refractivity contribution >= 4 is 45.3 Å². The van der Waals surface area contributed by atoms with Gasteiger partial charge in [-0.2, -0.15) is 0 Å². The summed E-state index contributed by atoms with van der Waals surface area (Å²) in [4.78, 5) is 85.5. The number of ketones is 2. The maximum absolute atomic E-state index is 15.2. The van der Waals surface area contributed by atoms with E-state index in [0.29, 0.717) is 51.6 Å². The standard InChI is InChI=1S/C44H65N5O9S/c1-42(2,3)59(56,57)28-44(20-11-6-12-21-44)47-40(54)46-37(43(4)18-9-5-10-19-43)39(53)49-27-33(58-41(55)48-22-17-30-13-7-8-14-31(30)26-48)25-34(49)35(50)24-32(23-29-15-16-29)36(51)38(45)52/h7-8,13-14,29,32-34,37H,5-6,9-12,15-28H2,1-4H3,(H2,45,52)(H2,46,47,54)/t32?,33-,34+,37-/m1/s1. The van der Waals surface area contributed by atoms with Crippen molar-refractivity contribution in [1.29, 1.82) is 0 Å². The van der Waals surface area contributed by atoms with E-state index in [9.17, 15) is 32.4 Å². The second kappa shape index (κ2) is 17.9. The van der Waals surface area contributed by atoms with Crippen molar-refractivity contribution in [3.8, 4) is 0 Å². The van der Waals surface area contributed by atoms with Crippen LogP contribution in [0.1, 0.15) is 135 Å². The Morgan fingerprint density at radius 3 is 2.17 bits per heavy atom. The largest absolute Gasteiger partial charge is 0.444 e. The molecule has 5 amide bonds. The van der Waals surface area contributed by atoms with Gasteiger partial charge in [-0.15, -0.1) is 0 Å². The third-order valence-corrected chi connectivity index (χ3v) is 16.6. The van der Waals surface area contributed by atoms with Crippen molar-refractivity contribution in [2.75, 3.05) is 18.8 Å². The Kier molecular flexibility index (Phi) is 13.5. The van der Waals surface area contributed by atoms with Crippen LogP contribution >= 0.6 is 0 Å². The van der Waals surface area contributed by atoms with E-state index in [0.717, 1.165) is 62.5 Å². The number of nitrogens with one attached hydrogen (secondary N) is 2. The Labute approximate surface area is 349 Å². The Hall–Kier alpha value is -4.01. The lowest BCUT2D eigenvalue weighted by Crippen LogP contribution is -2.64. The van der Waals surface area contributed by atoms with Gasteiger partial charge in [0, 0.05) is 31.8 Å². The van der Waals surface area contributed by atoms with Crippen molar-refractivity contribution in [3.63, 3.8) is 0 Å². The van der Waals surface area contributed by atoms with E-state index >= 15 is 4.79 Å². The number of nitrogens with zero attached hydrogens (tertiary/aromatic N) is 2. The first kappa shape index (κ1) is 44.5. The van der Waals surface area contributed by atoms with Crippen LogP contribution in [0.4, 0.5) is 9.59 Å². The first-order chi connectivity index (χ1) is 27.8. The number of carbonyl (C=O) groups is 6. The van der Waals surface area contributed by atoms with Crippen molar-refractivity contribution in [2.45, 2.75) is 165 Å². The number of primary amides is 1. The molecule has 1 unspecified atom stereocenters. The molecular formula is C44H65N5O9S. The van der Waals surface area contributed by atoms with E-state index < -0.39 is 85.1 Å². The molecule has 4 fully saturated rings. The lowest BCUT2D eigenvalue weighted by molar-refractivity contribution is -0.144. The van der Waals surface area contributed by atoms with Gasteiger partial charge in [0.1, 0.15) is 12.1 Å². The zero-order chi connectivity index (χ0) is 42.8. The number of sulfone groups is 1. The molecule has 0 spiro atoms. The summed E-state index contributed by atoms with van der Waals surface area (Å²) in [6.45, 7) is 7.63. The molecule has 5 aliphatic rings. The zero-order valence-corrected chi connectivity index (χ0v) is 36.2. The molecule has 1 saturated heterocycles. The van der Waals surface area contributed by atoms with Crippen molar-refractivity contribution < 1.29 is 41.9 Å². The smallest absolute Gasteiger partial charge is 0.410 e. The number of nitrogens with two attached hydrogens (primary N) is 1. The molecule has 15 heteroatoms. The maximum atomic E-state index is 15.2. The van der Waals surface area contributed by atoms with Gasteiger partial charge in [0.05, 0.1) is 28.6 Å². The van der Waals surface area contributed by atoms with Gasteiger partial charge in [0.25, 0.3) is 5.91 Å². The lowest BCUT2D eigenvalue weighted by Gasteiger charge is -2.44. The van der Waals surface area contributed by atoms with Gasteiger partial charge in [-0.25, -0.2) is 18.0 Å². The summed E-state index contributed by atoms with van der Waals surface area (Å²) in [6.07, 6.45) is 8.35. The van der Waals surface area contributed by atoms with Gasteiger partial charge in [-0.1, -0.05) is 82.6 Å². The van der Waals surface area contributed by atoms with Gasteiger partial charge in [0.15, 0.2) is 15.6 Å². The Bertz CT molecular complexity index is 1880. The molecule has 4 N–H and O–H groups in total. The fourth-order valence-corrected chi connectivity index (χ4v) is 11.3. The van der Waals surface area contributed by atoms with E-state index in [1.807, 2.05) is 31.2 Å². The van der Waals surface area contributed by atoms with E-state index in [1.54, 1.807) is 25.7 Å². The van der Waals surface area contributed by atoms with Gasteiger partial charge in [-0.3, -0.25) is 19.2 Å². The molecule has 3 aliphatic carbocycles. The third kappa shape index (κ3) is 10.7. The number of Topliss-reactive ketones (excluding diaryl/α,β-unsaturated/α-hetero) is 2. The fourth-order valence-electron chi connectivity index (χ4n) is 9.79. The minimum atomic E-state index is -3.63. The Balaban J connectivity index is 1.27. The van der Waals surface area contributed by atoms with Crippen molar-refractivity contribution in [3.05, 3.63) is 35.4 Å². The second-order valence-corrected chi connectivity index (χ2v) is 22.2. The quantitative estimate of drug-likeness (QED) is 0.212. The summed E-state index contributed by atoms with van der Waals surface area (Å²) in [5, 5.41) is 6.06. The second-order valence-electron chi connectivity index (χ2n) is 19.4. The van der Waals surface area contributed by atoms with Crippen molar-refractivity contribution in [1.82, 2.24) is 20.4 Å². The molecule has 0 bridgehead atoms. The molecule has 0 radical (unpaired) electrons. The normalized spacial score (nSPS) is 23.9. The molecule has 4 atom stereocenters. The van der Waals surface area contributed by atoms with Gasteiger partial charge in [-0.05, 0) is 81.8 Å². The number of urea groups is 1. The third-order valence-electron chi connectivity index (χ3n) is 13.8. The van der Waals surface area contributed by atoms with Crippen LogP contribution in [-0.2, 0) is 46.7 Å². The Morgan fingerprint density at radius 2 is 1.56 bits per heavy atom. The Morgan fingerprint density at radius 1 is 0.932 bits per heavy atom. The number of carbonyl (C=O) groups excluding carboxylic acids is 6. The maximum Gasteiger partial charge on any atom is 0.410 e. The first-order valence-corrected chi connectivity index (χ1v) is 23.5. The van der Waals surface area contributed by atoms with E-state index in [-0.39, 0.29) is 31.1 Å². The molecule has 326 valence electrons. The zero-order valence-electron chi connectivity index (χ0n) is 35.4. The average Bonchev–Trinajstić information content (AvgIpc) is 3.91. The molecule has 59 heavy (non-hydrogen) atoms.